The summed E-state index contributed by atoms with van der Waals surface area (Å²) < 4.78 is 0. The summed E-state index contributed by atoms with van der Waals surface area (Å²) in [5.41, 5.74) is 4.16. The normalized spacial score (nSPS) is 10.4. The van der Waals surface area contributed by atoms with Crippen molar-refractivity contribution < 1.29 is 36.3 Å². The van der Waals surface area contributed by atoms with Gasteiger partial charge < -0.3 is 10.2 Å². The maximum Gasteiger partial charge on any atom is 0.196 e. The monoisotopic (exact) mass is 678 g/mol. The quantitative estimate of drug-likeness (QED) is 0.0624. The van der Waals surface area contributed by atoms with Crippen LogP contribution in [-0.4, -0.2) is 21.8 Å². The van der Waals surface area contributed by atoms with Gasteiger partial charge in [0, 0.05) is 27.6 Å². The van der Waals surface area contributed by atoms with Crippen LogP contribution in [0.5, 0.6) is 11.5 Å². The van der Waals surface area contributed by atoms with Gasteiger partial charge in [-0.15, -0.1) is 0 Å². The Morgan fingerprint density at radius 1 is 0.468 bits per heavy atom. The van der Waals surface area contributed by atoms with Crippen molar-refractivity contribution in [3.05, 3.63) is 130 Å². The van der Waals surface area contributed by atoms with Crippen molar-refractivity contribution in [2.45, 2.75) is 104 Å². The van der Waals surface area contributed by atoms with Gasteiger partial charge in [-0.25, -0.2) is 0 Å². The van der Waals surface area contributed by atoms with Crippen LogP contribution in [0, 0.1) is 0 Å². The van der Waals surface area contributed by atoms with E-state index in [0.717, 1.165) is 36.8 Å². The van der Waals surface area contributed by atoms with E-state index in [9.17, 15) is 19.8 Å². The summed E-state index contributed by atoms with van der Waals surface area (Å²) in [4.78, 5) is 24.8. The molecule has 0 saturated carbocycles. The molecule has 0 heterocycles. The van der Waals surface area contributed by atoms with Crippen LogP contribution in [0.2, 0.25) is 0 Å². The fourth-order valence-electron chi connectivity index (χ4n) is 5.56. The van der Waals surface area contributed by atoms with E-state index in [1.54, 1.807) is 48.5 Å². The first-order valence-electron chi connectivity index (χ1n) is 17.3. The van der Waals surface area contributed by atoms with Crippen LogP contribution in [-0.2, 0) is 29.3 Å². The van der Waals surface area contributed by atoms with Crippen molar-refractivity contribution in [1.82, 2.24) is 0 Å². The zero-order chi connectivity index (χ0) is 33.0. The number of phenols is 2. The van der Waals surface area contributed by atoms with Crippen LogP contribution in [0.15, 0.2) is 97.1 Å². The van der Waals surface area contributed by atoms with Crippen LogP contribution in [0.1, 0.15) is 134 Å². The topological polar surface area (TPSA) is 74.6 Å². The van der Waals surface area contributed by atoms with Crippen LogP contribution in [0.3, 0.4) is 0 Å². The molecule has 254 valence electrons. The second-order valence-electron chi connectivity index (χ2n) is 12.1. The molecule has 4 aromatic carbocycles. The van der Waals surface area contributed by atoms with Crippen LogP contribution < -0.4 is 0 Å². The molecular formula is C42H52NiO4. The van der Waals surface area contributed by atoms with Gasteiger partial charge in [0.2, 0.25) is 0 Å². The fraction of sp³-hybridized carbons (Fsp3) is 0.381. The van der Waals surface area contributed by atoms with E-state index >= 15 is 0 Å². The van der Waals surface area contributed by atoms with Crippen molar-refractivity contribution in [1.29, 1.82) is 0 Å². The van der Waals surface area contributed by atoms with Gasteiger partial charge in [0.25, 0.3) is 0 Å². The molecule has 0 radical (unpaired) electrons. The molecule has 0 fully saturated rings. The molecule has 0 spiro atoms. The molecule has 4 nitrogen and oxygen atoms in total. The van der Waals surface area contributed by atoms with Gasteiger partial charge >= 0.3 is 0 Å². The number of aryl methyl sites for hydroxylation is 2. The van der Waals surface area contributed by atoms with Crippen molar-refractivity contribution in [2.24, 2.45) is 0 Å². The molecule has 0 bridgehead atoms. The van der Waals surface area contributed by atoms with Crippen LogP contribution in [0.4, 0.5) is 0 Å². The molecule has 0 atom stereocenters. The number of rotatable bonds is 18. The molecule has 0 aliphatic heterocycles. The Balaban J connectivity index is 0.000000320. The Morgan fingerprint density at radius 3 is 1.15 bits per heavy atom. The van der Waals surface area contributed by atoms with Gasteiger partial charge in [-0.05, 0) is 61.1 Å². The predicted octanol–water partition coefficient (Wildman–Crippen LogP) is 11.0. The minimum Gasteiger partial charge on any atom is -0.507 e. The number of carbonyl (C=O) groups is 2. The number of benzene rings is 4. The minimum atomic E-state index is -0.130. The number of hydrogen-bond donors (Lipinski definition) is 2. The summed E-state index contributed by atoms with van der Waals surface area (Å²) in [7, 11) is 0. The molecule has 0 saturated heterocycles. The summed E-state index contributed by atoms with van der Waals surface area (Å²) in [5, 5.41) is 20.3. The van der Waals surface area contributed by atoms with Gasteiger partial charge in [-0.1, -0.05) is 151 Å². The zero-order valence-electron chi connectivity index (χ0n) is 28.2. The van der Waals surface area contributed by atoms with Crippen molar-refractivity contribution in [3.63, 3.8) is 0 Å². The maximum atomic E-state index is 12.4. The summed E-state index contributed by atoms with van der Waals surface area (Å²) in [5.74, 6) is -0.0897. The van der Waals surface area contributed by atoms with Crippen LogP contribution >= 0.6 is 0 Å². The van der Waals surface area contributed by atoms with Crippen LogP contribution in [0.25, 0.3) is 0 Å². The second-order valence-corrected chi connectivity index (χ2v) is 12.1. The number of phenolic OH excluding ortho intramolecular Hbond substituents is 2. The maximum absolute atomic E-state index is 12.4. The number of unbranched alkanes of at least 4 members (excludes halogenated alkanes) is 10. The van der Waals surface area contributed by atoms with Gasteiger partial charge in [-0.2, -0.15) is 0 Å². The van der Waals surface area contributed by atoms with Gasteiger partial charge in [-0.3, -0.25) is 9.59 Å². The predicted molar refractivity (Wildman–Crippen MR) is 190 cm³/mol. The summed E-state index contributed by atoms with van der Waals surface area (Å²) in [6.07, 6.45) is 17.0. The molecule has 0 aromatic heterocycles. The number of carbonyl (C=O) groups excluding carboxylic acids is 2. The van der Waals surface area contributed by atoms with Gasteiger partial charge in [0.1, 0.15) is 11.5 Å². The SMILES string of the molecule is CCCCCCCCc1ccc(C(=O)c2ccccc2)c(O)c1.CCCCCCCCc1ccc(C(=O)c2ccccc2)c(O)c1.[Ni]. The Labute approximate surface area is 292 Å². The second kappa shape index (κ2) is 22.8. The summed E-state index contributed by atoms with van der Waals surface area (Å²) in [6, 6.07) is 29.0. The molecule has 0 aliphatic rings. The average molecular weight is 680 g/mol. The molecule has 5 heteroatoms. The van der Waals surface area contributed by atoms with E-state index in [4.69, 9.17) is 0 Å². The minimum absolute atomic E-state index is 0. The van der Waals surface area contributed by atoms with Crippen molar-refractivity contribution >= 4 is 11.6 Å². The molecule has 0 unspecified atom stereocenters. The number of ketones is 2. The number of aromatic hydroxyl groups is 2. The third kappa shape index (κ3) is 13.9. The third-order valence-corrected chi connectivity index (χ3v) is 8.32. The molecule has 47 heavy (non-hydrogen) atoms. The molecule has 4 aromatic rings. The first kappa shape index (κ1) is 39.5. The summed E-state index contributed by atoms with van der Waals surface area (Å²) >= 11 is 0. The third-order valence-electron chi connectivity index (χ3n) is 8.32. The Morgan fingerprint density at radius 2 is 0.809 bits per heavy atom. The van der Waals surface area contributed by atoms with E-state index < -0.39 is 0 Å². The van der Waals surface area contributed by atoms with Crippen molar-refractivity contribution in [2.75, 3.05) is 0 Å². The molecule has 4 rings (SSSR count). The van der Waals surface area contributed by atoms with Crippen molar-refractivity contribution in [3.8, 4) is 11.5 Å². The van der Waals surface area contributed by atoms with E-state index in [1.165, 1.54) is 64.2 Å². The van der Waals surface area contributed by atoms with Gasteiger partial charge in [0.05, 0.1) is 11.1 Å². The van der Waals surface area contributed by atoms with E-state index in [2.05, 4.69) is 13.8 Å². The van der Waals surface area contributed by atoms with E-state index in [0.29, 0.717) is 22.3 Å². The smallest absolute Gasteiger partial charge is 0.196 e. The Bertz CT molecular complexity index is 1350. The molecular weight excluding hydrogens is 627 g/mol. The first-order valence-corrected chi connectivity index (χ1v) is 17.3. The molecule has 0 aliphatic carbocycles. The van der Waals surface area contributed by atoms with E-state index in [-0.39, 0.29) is 39.6 Å². The zero-order valence-corrected chi connectivity index (χ0v) is 29.2. The standard InChI is InChI=1S/2C21H26O2.Ni/c2*1-2-3-4-5-6-8-11-17-14-15-19(20(22)16-17)21(23)18-12-9-7-10-13-18;/h2*7,9-10,12-16,22H,2-6,8,11H2,1H3;. The van der Waals surface area contributed by atoms with Gasteiger partial charge in [0.15, 0.2) is 11.6 Å². The Kier molecular flexibility index (Phi) is 19.1. The van der Waals surface area contributed by atoms with E-state index in [1.807, 2.05) is 48.5 Å². The first-order chi connectivity index (χ1) is 22.4. The average Bonchev–Trinajstić information content (AvgIpc) is 3.08. The number of hydrogen-bond acceptors (Lipinski definition) is 4. The fourth-order valence-corrected chi connectivity index (χ4v) is 5.56. The molecule has 0 amide bonds. The molecule has 2 N–H and O–H groups in total. The largest absolute Gasteiger partial charge is 0.507 e. The Hall–Kier alpha value is -3.69. The summed E-state index contributed by atoms with van der Waals surface area (Å²) in [6.45, 7) is 4.45.